The third-order valence-electron chi connectivity index (χ3n) is 2.04. The molecule has 1 amide bonds. The molecule has 1 rings (SSSR count). The Morgan fingerprint density at radius 2 is 2.31 bits per heavy atom. The second-order valence-electron chi connectivity index (χ2n) is 4.07. The average molecular weight is 226 g/mol. The van der Waals surface area contributed by atoms with Gasteiger partial charge in [0.25, 0.3) is 5.91 Å². The van der Waals surface area contributed by atoms with Crippen molar-refractivity contribution in [1.82, 2.24) is 5.43 Å². The van der Waals surface area contributed by atoms with Gasteiger partial charge in [-0.2, -0.15) is 0 Å². The van der Waals surface area contributed by atoms with Crippen molar-refractivity contribution in [3.63, 3.8) is 0 Å². The van der Waals surface area contributed by atoms with Crippen LogP contribution in [0.1, 0.15) is 35.7 Å². The number of amides is 1. The molecule has 0 saturated carbocycles. The third-order valence-corrected chi connectivity index (χ3v) is 2.04. The molecule has 0 bridgehead atoms. The van der Waals surface area contributed by atoms with Crippen molar-refractivity contribution < 1.29 is 13.9 Å². The average Bonchev–Trinajstić information content (AvgIpc) is 2.58. The smallest absolute Gasteiger partial charge is 0.268 e. The van der Waals surface area contributed by atoms with E-state index < -0.39 is 0 Å². The molecule has 90 valence electrons. The van der Waals surface area contributed by atoms with Gasteiger partial charge in [-0.1, -0.05) is 13.8 Å². The van der Waals surface area contributed by atoms with Gasteiger partial charge in [0.05, 0.1) is 5.56 Å². The minimum absolute atomic E-state index is 0.351. The van der Waals surface area contributed by atoms with Crippen molar-refractivity contribution in [2.75, 3.05) is 6.61 Å². The molecule has 0 aliphatic rings. The number of hydrogen-bond donors (Lipinski definition) is 2. The number of aryl methyl sites for hydroxylation is 1. The molecule has 1 aromatic rings. The molecule has 5 heteroatoms. The summed E-state index contributed by atoms with van der Waals surface area (Å²) in [5.41, 5.74) is 2.52. The molecule has 0 atom stereocenters. The van der Waals surface area contributed by atoms with Crippen LogP contribution in [0, 0.1) is 12.8 Å². The number of carbonyl (C=O) groups excluding carboxylic acids is 1. The minimum Gasteiger partial charge on any atom is -0.463 e. The fourth-order valence-electron chi connectivity index (χ4n) is 1.31. The summed E-state index contributed by atoms with van der Waals surface area (Å²) in [5, 5.41) is 0. The fraction of sp³-hybridized carbons (Fsp3) is 0.545. The summed E-state index contributed by atoms with van der Waals surface area (Å²) < 4.78 is 10.8. The first-order valence-electron chi connectivity index (χ1n) is 5.22. The van der Waals surface area contributed by atoms with Crippen LogP contribution in [0.15, 0.2) is 10.5 Å². The summed E-state index contributed by atoms with van der Waals surface area (Å²) in [6.45, 7) is 6.90. The zero-order valence-corrected chi connectivity index (χ0v) is 9.87. The Kier molecular flexibility index (Phi) is 4.52. The van der Waals surface area contributed by atoms with Crippen LogP contribution in [0.2, 0.25) is 0 Å². The van der Waals surface area contributed by atoms with Crippen LogP contribution in [-0.4, -0.2) is 12.5 Å². The van der Waals surface area contributed by atoms with E-state index in [1.807, 2.05) is 0 Å². The zero-order valence-electron chi connectivity index (χ0n) is 9.87. The summed E-state index contributed by atoms with van der Waals surface area (Å²) in [4.78, 5) is 11.3. The molecule has 0 radical (unpaired) electrons. The lowest BCUT2D eigenvalue weighted by molar-refractivity contribution is 0.0841. The second-order valence-corrected chi connectivity index (χ2v) is 4.07. The van der Waals surface area contributed by atoms with Crippen LogP contribution in [0.25, 0.3) is 0 Å². The largest absolute Gasteiger partial charge is 0.463 e. The van der Waals surface area contributed by atoms with Gasteiger partial charge in [0.15, 0.2) is 0 Å². The van der Waals surface area contributed by atoms with E-state index in [0.29, 0.717) is 36.2 Å². The van der Waals surface area contributed by atoms with E-state index in [-0.39, 0.29) is 5.91 Å². The Morgan fingerprint density at radius 3 is 2.88 bits per heavy atom. The molecule has 0 aromatic carbocycles. The normalized spacial score (nSPS) is 10.8. The van der Waals surface area contributed by atoms with E-state index >= 15 is 0 Å². The number of furan rings is 1. The zero-order chi connectivity index (χ0) is 12.1. The molecule has 16 heavy (non-hydrogen) atoms. The molecule has 5 nitrogen and oxygen atoms in total. The van der Waals surface area contributed by atoms with Gasteiger partial charge in [0, 0.05) is 6.61 Å². The first kappa shape index (κ1) is 12.7. The van der Waals surface area contributed by atoms with E-state index in [0.717, 1.165) is 0 Å². The maximum atomic E-state index is 11.3. The van der Waals surface area contributed by atoms with Crippen LogP contribution in [0.3, 0.4) is 0 Å². The van der Waals surface area contributed by atoms with Gasteiger partial charge in [-0.3, -0.25) is 10.2 Å². The molecule has 1 aromatic heterocycles. The lowest BCUT2D eigenvalue weighted by Crippen LogP contribution is -2.30. The van der Waals surface area contributed by atoms with E-state index in [1.165, 1.54) is 0 Å². The lowest BCUT2D eigenvalue weighted by Gasteiger charge is -2.03. The first-order chi connectivity index (χ1) is 7.54. The summed E-state index contributed by atoms with van der Waals surface area (Å²) >= 11 is 0. The number of nitrogens with two attached hydrogens (primary N) is 1. The van der Waals surface area contributed by atoms with Crippen molar-refractivity contribution >= 4 is 5.91 Å². The highest BCUT2D eigenvalue weighted by Crippen LogP contribution is 2.15. The summed E-state index contributed by atoms with van der Waals surface area (Å²) in [6.07, 6.45) is 0. The maximum Gasteiger partial charge on any atom is 0.268 e. The first-order valence-corrected chi connectivity index (χ1v) is 5.22. The number of hydrogen-bond acceptors (Lipinski definition) is 4. The van der Waals surface area contributed by atoms with Crippen molar-refractivity contribution in [3.8, 4) is 0 Å². The van der Waals surface area contributed by atoms with Crippen LogP contribution < -0.4 is 11.3 Å². The number of hydrazine groups is 1. The van der Waals surface area contributed by atoms with E-state index in [9.17, 15) is 4.79 Å². The number of nitrogen functional groups attached to an aromatic ring is 1. The number of carbonyl (C=O) groups is 1. The van der Waals surface area contributed by atoms with Crippen LogP contribution in [0.4, 0.5) is 0 Å². The van der Waals surface area contributed by atoms with Crippen LogP contribution >= 0.6 is 0 Å². The third kappa shape index (κ3) is 3.36. The predicted octanol–water partition coefficient (Wildman–Crippen LogP) is 1.36. The molecule has 1 heterocycles. The maximum absolute atomic E-state index is 11.3. The Bertz CT molecular complexity index is 358. The SMILES string of the molecule is Cc1oc(COCC(C)C)cc1C(=O)NN. The highest BCUT2D eigenvalue weighted by Gasteiger charge is 2.13. The molecular weight excluding hydrogens is 208 g/mol. The molecular formula is C11H18N2O3. The quantitative estimate of drug-likeness (QED) is 0.451. The van der Waals surface area contributed by atoms with Crippen molar-refractivity contribution in [3.05, 3.63) is 23.2 Å². The minimum atomic E-state index is -0.351. The molecule has 0 spiro atoms. The molecule has 0 fully saturated rings. The van der Waals surface area contributed by atoms with Gasteiger partial charge in [0.1, 0.15) is 18.1 Å². The van der Waals surface area contributed by atoms with Crippen molar-refractivity contribution in [2.45, 2.75) is 27.4 Å². The van der Waals surface area contributed by atoms with Gasteiger partial charge in [-0.05, 0) is 18.9 Å². The highest BCUT2D eigenvalue weighted by atomic mass is 16.5. The van der Waals surface area contributed by atoms with Gasteiger partial charge in [0.2, 0.25) is 0 Å². The molecule has 0 saturated heterocycles. The van der Waals surface area contributed by atoms with E-state index in [4.69, 9.17) is 15.0 Å². The van der Waals surface area contributed by atoms with Crippen LogP contribution in [-0.2, 0) is 11.3 Å². The van der Waals surface area contributed by atoms with Gasteiger partial charge >= 0.3 is 0 Å². The topological polar surface area (TPSA) is 77.5 Å². The molecule has 0 aliphatic heterocycles. The molecule has 0 unspecified atom stereocenters. The highest BCUT2D eigenvalue weighted by molar-refractivity contribution is 5.94. The Labute approximate surface area is 94.9 Å². The summed E-state index contributed by atoms with van der Waals surface area (Å²) in [7, 11) is 0. The van der Waals surface area contributed by atoms with E-state index in [1.54, 1.807) is 13.0 Å². The molecule has 3 N–H and O–H groups in total. The van der Waals surface area contributed by atoms with Crippen molar-refractivity contribution in [2.24, 2.45) is 11.8 Å². The predicted molar refractivity (Wildman–Crippen MR) is 59.6 cm³/mol. The summed E-state index contributed by atoms with van der Waals surface area (Å²) in [6, 6.07) is 1.65. The van der Waals surface area contributed by atoms with Gasteiger partial charge in [-0.25, -0.2) is 5.84 Å². The molecule has 0 aliphatic carbocycles. The Hall–Kier alpha value is -1.33. The second kappa shape index (κ2) is 5.67. The number of nitrogens with one attached hydrogen (secondary N) is 1. The summed E-state index contributed by atoms with van der Waals surface area (Å²) in [5.74, 6) is 6.36. The lowest BCUT2D eigenvalue weighted by atomic mass is 10.2. The Balaban J connectivity index is 2.59. The monoisotopic (exact) mass is 226 g/mol. The van der Waals surface area contributed by atoms with E-state index in [2.05, 4.69) is 19.3 Å². The van der Waals surface area contributed by atoms with Gasteiger partial charge < -0.3 is 9.15 Å². The number of ether oxygens (including phenoxy) is 1. The fourth-order valence-corrected chi connectivity index (χ4v) is 1.31. The Morgan fingerprint density at radius 1 is 1.62 bits per heavy atom. The number of rotatable bonds is 5. The van der Waals surface area contributed by atoms with Gasteiger partial charge in [-0.15, -0.1) is 0 Å². The van der Waals surface area contributed by atoms with Crippen LogP contribution in [0.5, 0.6) is 0 Å². The standard InChI is InChI=1S/C11H18N2O3/c1-7(2)5-15-6-9-4-10(8(3)16-9)11(14)13-12/h4,7H,5-6,12H2,1-3H3,(H,13,14). The van der Waals surface area contributed by atoms with Crippen molar-refractivity contribution in [1.29, 1.82) is 0 Å².